The molecule has 0 heterocycles. The van der Waals surface area contributed by atoms with Crippen LogP contribution in [0.15, 0.2) is 24.3 Å². The minimum Gasteiger partial charge on any atom is -0.494 e. The summed E-state index contributed by atoms with van der Waals surface area (Å²) >= 11 is 0. The molecule has 1 rings (SSSR count). The van der Waals surface area contributed by atoms with E-state index in [1.54, 1.807) is 0 Å². The van der Waals surface area contributed by atoms with E-state index >= 15 is 0 Å². The molecule has 114 valence electrons. The predicted molar refractivity (Wildman–Crippen MR) is 81.4 cm³/mol. The highest BCUT2D eigenvalue weighted by molar-refractivity contribution is 5.31. The van der Waals surface area contributed by atoms with Crippen LogP contribution in [0, 0.1) is 5.92 Å². The van der Waals surface area contributed by atoms with E-state index in [4.69, 9.17) is 9.47 Å². The van der Waals surface area contributed by atoms with Crippen LogP contribution in [0.4, 0.5) is 0 Å². The highest BCUT2D eigenvalue weighted by Crippen LogP contribution is 2.17. The first kappa shape index (κ1) is 16.8. The molecule has 0 saturated heterocycles. The average Bonchev–Trinajstić information content (AvgIpc) is 2.43. The number of rotatable bonds is 10. The van der Waals surface area contributed by atoms with Gasteiger partial charge in [0, 0.05) is 6.54 Å². The third-order valence-electron chi connectivity index (χ3n) is 2.67. The van der Waals surface area contributed by atoms with Crippen molar-refractivity contribution < 1.29 is 14.6 Å². The smallest absolute Gasteiger partial charge is 0.119 e. The molecule has 0 aliphatic rings. The first-order chi connectivity index (χ1) is 9.61. The number of aliphatic hydroxyl groups is 1. The summed E-state index contributed by atoms with van der Waals surface area (Å²) in [4.78, 5) is 0. The molecule has 2 N–H and O–H groups in total. The lowest BCUT2D eigenvalue weighted by molar-refractivity contribution is 0.106. The maximum Gasteiger partial charge on any atom is 0.119 e. The zero-order chi connectivity index (χ0) is 14.8. The van der Waals surface area contributed by atoms with Crippen LogP contribution in [0.25, 0.3) is 0 Å². The first-order valence-corrected chi connectivity index (χ1v) is 7.36. The summed E-state index contributed by atoms with van der Waals surface area (Å²) in [5.74, 6) is 2.17. The Labute approximate surface area is 122 Å². The Kier molecular flexibility index (Phi) is 8.07. The van der Waals surface area contributed by atoms with Crippen molar-refractivity contribution >= 4 is 0 Å². The van der Waals surface area contributed by atoms with Crippen molar-refractivity contribution in [1.29, 1.82) is 0 Å². The zero-order valence-electron chi connectivity index (χ0n) is 12.8. The largest absolute Gasteiger partial charge is 0.494 e. The Morgan fingerprint density at radius 3 is 2.20 bits per heavy atom. The number of nitrogens with one attached hydrogen (secondary N) is 1. The summed E-state index contributed by atoms with van der Waals surface area (Å²) in [5, 5.41) is 13.0. The van der Waals surface area contributed by atoms with Crippen LogP contribution in [0.2, 0.25) is 0 Å². The Hall–Kier alpha value is -1.26. The van der Waals surface area contributed by atoms with Crippen LogP contribution in [-0.4, -0.2) is 37.5 Å². The van der Waals surface area contributed by atoms with E-state index in [0.717, 1.165) is 31.1 Å². The van der Waals surface area contributed by atoms with Gasteiger partial charge < -0.3 is 19.9 Å². The molecule has 0 amide bonds. The first-order valence-electron chi connectivity index (χ1n) is 7.36. The molecule has 0 aliphatic heterocycles. The number of aliphatic hydroxyl groups excluding tert-OH is 1. The normalized spacial score (nSPS) is 12.4. The van der Waals surface area contributed by atoms with Crippen molar-refractivity contribution in [3.8, 4) is 11.5 Å². The van der Waals surface area contributed by atoms with Crippen LogP contribution in [0.5, 0.6) is 11.5 Å². The van der Waals surface area contributed by atoms with Crippen molar-refractivity contribution in [2.75, 3.05) is 26.3 Å². The standard InChI is InChI=1S/C16H27NO3/c1-4-9-19-15-5-7-16(8-6-15)20-12-14(18)11-17-10-13(2)3/h5-8,13-14,17-18H,4,9-12H2,1-3H3. The Bertz CT molecular complexity index is 351. The van der Waals surface area contributed by atoms with E-state index in [2.05, 4.69) is 26.1 Å². The minimum absolute atomic E-state index is 0.292. The topological polar surface area (TPSA) is 50.7 Å². The van der Waals surface area contributed by atoms with Crippen LogP contribution < -0.4 is 14.8 Å². The number of ether oxygens (including phenoxy) is 2. The molecule has 1 unspecified atom stereocenters. The molecule has 0 aliphatic carbocycles. The Balaban J connectivity index is 2.23. The van der Waals surface area contributed by atoms with Crippen molar-refractivity contribution in [3.05, 3.63) is 24.3 Å². The molecule has 0 bridgehead atoms. The molecule has 20 heavy (non-hydrogen) atoms. The quantitative estimate of drug-likeness (QED) is 0.692. The SMILES string of the molecule is CCCOc1ccc(OCC(O)CNCC(C)C)cc1. The number of hydrogen-bond donors (Lipinski definition) is 2. The van der Waals surface area contributed by atoms with Gasteiger partial charge in [0.2, 0.25) is 0 Å². The second-order valence-corrected chi connectivity index (χ2v) is 5.34. The predicted octanol–water partition coefficient (Wildman–Crippen LogP) is 2.46. The molecule has 0 radical (unpaired) electrons. The molecule has 0 saturated carbocycles. The summed E-state index contributed by atoms with van der Waals surface area (Å²) in [5.41, 5.74) is 0. The Morgan fingerprint density at radius 2 is 1.65 bits per heavy atom. The van der Waals surface area contributed by atoms with Crippen molar-refractivity contribution in [2.24, 2.45) is 5.92 Å². The van der Waals surface area contributed by atoms with E-state index in [0.29, 0.717) is 19.1 Å². The second-order valence-electron chi connectivity index (χ2n) is 5.34. The van der Waals surface area contributed by atoms with Crippen molar-refractivity contribution in [3.63, 3.8) is 0 Å². The minimum atomic E-state index is -0.496. The number of hydrogen-bond acceptors (Lipinski definition) is 4. The van der Waals surface area contributed by atoms with Crippen molar-refractivity contribution in [2.45, 2.75) is 33.3 Å². The molecule has 0 aromatic heterocycles. The molecule has 0 fully saturated rings. The lowest BCUT2D eigenvalue weighted by Crippen LogP contribution is -2.33. The van der Waals surface area contributed by atoms with Crippen LogP contribution in [-0.2, 0) is 0 Å². The monoisotopic (exact) mass is 281 g/mol. The molecule has 4 nitrogen and oxygen atoms in total. The van der Waals surface area contributed by atoms with Crippen LogP contribution in [0.1, 0.15) is 27.2 Å². The molecule has 1 aromatic carbocycles. The third kappa shape index (κ3) is 7.36. The van der Waals surface area contributed by atoms with Crippen LogP contribution in [0.3, 0.4) is 0 Å². The van der Waals surface area contributed by atoms with Gasteiger partial charge in [0.1, 0.15) is 24.2 Å². The van der Waals surface area contributed by atoms with Crippen molar-refractivity contribution in [1.82, 2.24) is 5.32 Å². The highest BCUT2D eigenvalue weighted by Gasteiger charge is 2.05. The highest BCUT2D eigenvalue weighted by atomic mass is 16.5. The fourth-order valence-electron chi connectivity index (χ4n) is 1.64. The summed E-state index contributed by atoms with van der Waals surface area (Å²) in [6, 6.07) is 7.49. The van der Waals surface area contributed by atoms with Gasteiger partial charge in [-0.1, -0.05) is 20.8 Å². The number of benzene rings is 1. The molecule has 0 spiro atoms. The maximum atomic E-state index is 9.78. The van der Waals surface area contributed by atoms with E-state index in [1.807, 2.05) is 24.3 Å². The van der Waals surface area contributed by atoms with E-state index in [1.165, 1.54) is 0 Å². The average molecular weight is 281 g/mol. The second kappa shape index (κ2) is 9.61. The van der Waals surface area contributed by atoms with E-state index in [9.17, 15) is 5.11 Å². The lowest BCUT2D eigenvalue weighted by Gasteiger charge is -2.14. The van der Waals surface area contributed by atoms with E-state index < -0.39 is 6.10 Å². The summed E-state index contributed by atoms with van der Waals surface area (Å²) in [6.45, 7) is 8.82. The van der Waals surface area contributed by atoms with Gasteiger partial charge in [0.25, 0.3) is 0 Å². The van der Waals surface area contributed by atoms with Gasteiger partial charge in [-0.25, -0.2) is 0 Å². The summed E-state index contributed by atoms with van der Waals surface area (Å²) in [7, 11) is 0. The van der Waals surface area contributed by atoms with Gasteiger partial charge in [-0.2, -0.15) is 0 Å². The van der Waals surface area contributed by atoms with Gasteiger partial charge in [-0.15, -0.1) is 0 Å². The fourth-order valence-corrected chi connectivity index (χ4v) is 1.64. The van der Waals surface area contributed by atoms with Gasteiger partial charge in [0.05, 0.1) is 6.61 Å². The van der Waals surface area contributed by atoms with Crippen LogP contribution >= 0.6 is 0 Å². The van der Waals surface area contributed by atoms with Gasteiger partial charge >= 0.3 is 0 Å². The Morgan fingerprint density at radius 1 is 1.05 bits per heavy atom. The molecule has 1 atom stereocenters. The molecule has 1 aromatic rings. The molecular weight excluding hydrogens is 254 g/mol. The fraction of sp³-hybridized carbons (Fsp3) is 0.625. The molecular formula is C16H27NO3. The zero-order valence-corrected chi connectivity index (χ0v) is 12.8. The van der Waals surface area contributed by atoms with Gasteiger partial charge in [-0.05, 0) is 43.1 Å². The van der Waals surface area contributed by atoms with E-state index in [-0.39, 0.29) is 0 Å². The molecule has 4 heteroatoms. The summed E-state index contributed by atoms with van der Waals surface area (Å²) in [6.07, 6.45) is 0.498. The maximum absolute atomic E-state index is 9.78. The van der Waals surface area contributed by atoms with Gasteiger partial charge in [-0.3, -0.25) is 0 Å². The third-order valence-corrected chi connectivity index (χ3v) is 2.67. The van der Waals surface area contributed by atoms with Gasteiger partial charge in [0.15, 0.2) is 0 Å². The summed E-state index contributed by atoms with van der Waals surface area (Å²) < 4.78 is 11.0. The lowest BCUT2D eigenvalue weighted by atomic mass is 10.2.